The molecule has 8 rings (SSSR count). The second-order valence-electron chi connectivity index (χ2n) is 35.9. The van der Waals surface area contributed by atoms with E-state index in [4.69, 9.17) is 0 Å². The Hall–Kier alpha value is -10.0. The molecule has 0 atom stereocenters. The number of allylic oxidation sites excluding steroid dienone is 8. The van der Waals surface area contributed by atoms with Crippen molar-refractivity contribution in [3.8, 4) is 0 Å². The van der Waals surface area contributed by atoms with Crippen LogP contribution in [0.1, 0.15) is 453 Å². The van der Waals surface area contributed by atoms with Crippen LogP contribution in [-0.2, 0) is 32.1 Å². The maximum absolute atomic E-state index is 4.57. The Morgan fingerprint density at radius 1 is 0.265 bits per heavy atom. The Morgan fingerprint density at radius 3 is 1.07 bits per heavy atom. The standard InChI is InChI=1S/5C13H20N2.3C12H19N3.8C2H6/c1-9(2)11(5)6-13-7-12(10(3)4)8-14-15-13;1-9(2)11(5)6-12-7-14-8-13(15-12)10(3)4;1-9(2)11(5)6-12-7-13(10(3)4)15-8-14-12;1-9(2)11(5)6-12-7-13(10(3)4)15-14-8-12;1-9(2)11(5)8-13-14-7-6-12(15-13)10(3)4;1-8(2)10(5)14-11-6-12(9(3)4)15-13-7-11;1-8(2)10(5)14-12-6-11(9(3)4)7-13-15-12;1-8(2)10(5)14-12-13-7-6-11(15-12)9(3)4;8*1-2/h4*7-10H,5-6H2,1-4H3;6-7,9-10H,5,8H2,1-4H3;2*6-9H,5H2,1-4H3,(H,14,15);6-9H,5H2,1-4H3,(H,13,14,15);8*1-2H3. The van der Waals surface area contributed by atoms with Crippen molar-refractivity contribution in [1.29, 1.82) is 0 Å². The molecule has 0 aliphatic carbocycles. The lowest BCUT2D eigenvalue weighted by Crippen LogP contribution is -2.08. The van der Waals surface area contributed by atoms with E-state index in [9.17, 15) is 0 Å². The lowest BCUT2D eigenvalue weighted by Gasteiger charge is -2.13. The zero-order valence-electron chi connectivity index (χ0n) is 96.3. The molecule has 8 aromatic rings. The molecular formula is C117H205N19. The molecule has 0 aliphatic heterocycles. The topological polar surface area (TPSA) is 242 Å². The summed E-state index contributed by atoms with van der Waals surface area (Å²) in [5.74, 6) is 9.63. The maximum Gasteiger partial charge on any atom is 0.227 e. The molecule has 0 amide bonds. The minimum absolute atomic E-state index is 0.385. The molecular weight excluding hydrogens is 1670 g/mol. The highest BCUT2D eigenvalue weighted by molar-refractivity contribution is 5.47. The van der Waals surface area contributed by atoms with Gasteiger partial charge in [0.25, 0.3) is 0 Å². The average Bonchev–Trinajstić information content (AvgIpc) is 0.921. The fourth-order valence-electron chi connectivity index (χ4n) is 9.43. The lowest BCUT2D eigenvalue weighted by molar-refractivity contribution is 0.719. The van der Waals surface area contributed by atoms with Gasteiger partial charge in [0.1, 0.15) is 12.2 Å². The molecule has 0 fully saturated rings. The normalized spacial score (nSPS) is 10.0. The molecule has 0 bridgehead atoms. The van der Waals surface area contributed by atoms with E-state index < -0.39 is 0 Å². The van der Waals surface area contributed by atoms with Crippen LogP contribution in [0.25, 0.3) is 0 Å². The van der Waals surface area contributed by atoms with Gasteiger partial charge < -0.3 is 16.0 Å². The van der Waals surface area contributed by atoms with E-state index in [-0.39, 0.29) is 0 Å². The van der Waals surface area contributed by atoms with E-state index in [2.05, 4.69) is 389 Å². The first-order chi connectivity index (χ1) is 64.0. The van der Waals surface area contributed by atoms with Gasteiger partial charge in [-0.15, -0.1) is 5.10 Å². The van der Waals surface area contributed by atoms with Gasteiger partial charge in [-0.1, -0.05) is 413 Å². The van der Waals surface area contributed by atoms with Crippen molar-refractivity contribution in [2.24, 2.45) is 47.3 Å². The van der Waals surface area contributed by atoms with Crippen molar-refractivity contribution in [2.45, 2.75) is 412 Å². The van der Waals surface area contributed by atoms with Gasteiger partial charge in [-0.05, 0) is 160 Å². The van der Waals surface area contributed by atoms with Gasteiger partial charge in [0.2, 0.25) is 5.95 Å². The molecule has 8 heterocycles. The molecule has 0 saturated heterocycles. The molecule has 0 unspecified atom stereocenters. The molecule has 136 heavy (non-hydrogen) atoms. The molecule has 768 valence electrons. The minimum atomic E-state index is 0.385. The summed E-state index contributed by atoms with van der Waals surface area (Å²) in [6, 6.07) is 14.3. The maximum atomic E-state index is 4.57. The van der Waals surface area contributed by atoms with Crippen LogP contribution in [0.15, 0.2) is 196 Å². The molecule has 0 aromatic carbocycles. The van der Waals surface area contributed by atoms with Crippen LogP contribution in [0.2, 0.25) is 0 Å². The molecule has 0 radical (unpaired) electrons. The monoisotopic (exact) mass is 1880 g/mol. The summed E-state index contributed by atoms with van der Waals surface area (Å²) in [5.41, 5.74) is 23.1. The summed E-state index contributed by atoms with van der Waals surface area (Å²) in [5, 5.41) is 41.8. The second-order valence-corrected chi connectivity index (χ2v) is 35.9. The first kappa shape index (κ1) is 141. The third-order valence-corrected chi connectivity index (χ3v) is 19.6. The van der Waals surface area contributed by atoms with Gasteiger partial charge in [0, 0.05) is 90.3 Å². The highest BCUT2D eigenvalue weighted by Crippen LogP contribution is 2.25. The first-order valence-corrected chi connectivity index (χ1v) is 51.3. The van der Waals surface area contributed by atoms with Crippen LogP contribution >= 0.6 is 0 Å². The van der Waals surface area contributed by atoms with E-state index in [1.54, 1.807) is 24.9 Å². The Labute approximate surface area is 837 Å². The van der Waals surface area contributed by atoms with Crippen molar-refractivity contribution < 1.29 is 0 Å². The van der Waals surface area contributed by atoms with Gasteiger partial charge >= 0.3 is 0 Å². The Balaban J connectivity index is -0.000000224. The van der Waals surface area contributed by atoms with Crippen LogP contribution in [0.3, 0.4) is 0 Å². The molecule has 19 nitrogen and oxygen atoms in total. The van der Waals surface area contributed by atoms with Crippen LogP contribution in [0, 0.1) is 47.3 Å². The summed E-state index contributed by atoms with van der Waals surface area (Å²) in [7, 11) is 0. The highest BCUT2D eigenvalue weighted by Gasteiger charge is 2.15. The average molecular weight is 1880 g/mol. The Kier molecular flexibility index (Phi) is 88.7. The third-order valence-electron chi connectivity index (χ3n) is 19.6. The summed E-state index contributed by atoms with van der Waals surface area (Å²) in [6.45, 7) is 132. The fourth-order valence-corrected chi connectivity index (χ4v) is 9.43. The fraction of sp³-hybridized carbons (Fsp3) is 0.590. The van der Waals surface area contributed by atoms with E-state index in [1.165, 1.54) is 44.6 Å². The van der Waals surface area contributed by atoms with E-state index in [1.807, 2.05) is 166 Å². The number of aromatic nitrogens is 16. The molecule has 3 N–H and O–H groups in total. The molecule has 0 spiro atoms. The number of rotatable bonds is 32. The van der Waals surface area contributed by atoms with Gasteiger partial charge in [-0.2, -0.15) is 35.7 Å². The van der Waals surface area contributed by atoms with Crippen LogP contribution in [0.5, 0.6) is 0 Å². The largest absolute Gasteiger partial charge is 0.358 e. The predicted molar refractivity (Wildman–Crippen MR) is 601 cm³/mol. The smallest absolute Gasteiger partial charge is 0.227 e. The van der Waals surface area contributed by atoms with Gasteiger partial charge in [-0.25, -0.2) is 29.9 Å². The first-order valence-electron chi connectivity index (χ1n) is 51.3. The van der Waals surface area contributed by atoms with E-state index in [0.717, 1.165) is 118 Å². The zero-order valence-corrected chi connectivity index (χ0v) is 96.3. The van der Waals surface area contributed by atoms with Crippen LogP contribution < -0.4 is 16.0 Å². The summed E-state index contributed by atoms with van der Waals surface area (Å²) >= 11 is 0. The van der Waals surface area contributed by atoms with Crippen LogP contribution in [-0.4, -0.2) is 80.7 Å². The number of hydrogen-bond donors (Lipinski definition) is 3. The Bertz CT molecular complexity index is 3570. The lowest BCUT2D eigenvalue weighted by atomic mass is 9.97. The van der Waals surface area contributed by atoms with E-state index in [0.29, 0.717) is 101 Å². The number of nitrogens with zero attached hydrogens (tertiary/aromatic N) is 16. The van der Waals surface area contributed by atoms with Crippen molar-refractivity contribution in [3.63, 3.8) is 0 Å². The van der Waals surface area contributed by atoms with Crippen molar-refractivity contribution >= 4 is 17.5 Å². The SMILES string of the molecule is C=C(Cc1cc(C(C)C)cnn1)C(C)C.C=C(Cc1cc(C(C)C)ncn1)C(C)C.C=C(Cc1cncc(C(C)C)n1)C(C)C.C=C(Cc1cnnc(C(C)C)c1)C(C)C.C=C(Cc1nccc(C(C)C)n1)C(C)C.C=C(Nc1cc(C(C)C)cnn1)C(C)C.C=C(Nc1cnnc(C(C)C)c1)C(C)C.C=C(Nc1nccc(C(C)C)n1)C(C)C.CC.CC.CC.CC.CC.CC.CC.CC. The molecule has 19 heteroatoms. The van der Waals surface area contributed by atoms with Crippen molar-refractivity contribution in [2.75, 3.05) is 16.0 Å². The minimum Gasteiger partial charge on any atom is -0.358 e. The quantitative estimate of drug-likeness (QED) is 0.0332. The Morgan fingerprint density at radius 2 is 0.632 bits per heavy atom. The summed E-state index contributed by atoms with van der Waals surface area (Å²) in [6.07, 6.45) is 20.4. The van der Waals surface area contributed by atoms with Crippen molar-refractivity contribution in [3.05, 3.63) is 270 Å². The summed E-state index contributed by atoms with van der Waals surface area (Å²) < 4.78 is 0. The number of anilines is 3. The second kappa shape index (κ2) is 85.4. The van der Waals surface area contributed by atoms with Gasteiger partial charge in [0.05, 0.1) is 58.9 Å². The van der Waals surface area contributed by atoms with Gasteiger partial charge in [0.15, 0.2) is 5.82 Å². The zero-order chi connectivity index (χ0) is 107. The molecule has 0 saturated carbocycles. The molecule has 0 aliphatic rings. The number of hydrogen-bond acceptors (Lipinski definition) is 19. The van der Waals surface area contributed by atoms with Crippen molar-refractivity contribution in [1.82, 2.24) is 80.7 Å². The summed E-state index contributed by atoms with van der Waals surface area (Å²) in [4.78, 5) is 34.7. The predicted octanol–water partition coefficient (Wildman–Crippen LogP) is 34.5. The van der Waals surface area contributed by atoms with Crippen LogP contribution in [0.4, 0.5) is 17.5 Å². The molecule has 8 aromatic heterocycles. The third kappa shape index (κ3) is 68.0. The van der Waals surface area contributed by atoms with Gasteiger partial charge in [-0.3, -0.25) is 9.97 Å². The van der Waals surface area contributed by atoms with E-state index >= 15 is 0 Å². The number of nitrogens with one attached hydrogen (secondary N) is 3. The highest BCUT2D eigenvalue weighted by atomic mass is 15.2.